The third-order valence-corrected chi connectivity index (χ3v) is 4.63. The second-order valence-corrected chi connectivity index (χ2v) is 6.84. The number of nitrogens with zero attached hydrogens (tertiary/aromatic N) is 3. The van der Waals surface area contributed by atoms with Crippen LogP contribution in [0.1, 0.15) is 26.0 Å². The molecule has 0 spiro atoms. The Balaban J connectivity index is 1.71. The van der Waals surface area contributed by atoms with Crippen molar-refractivity contribution in [3.63, 3.8) is 0 Å². The minimum Gasteiger partial charge on any atom is -0.382 e. The Kier molecular flexibility index (Phi) is 4.99. The van der Waals surface area contributed by atoms with Crippen LogP contribution in [0.15, 0.2) is 17.4 Å². The van der Waals surface area contributed by atoms with Gasteiger partial charge in [-0.2, -0.15) is 5.10 Å². The second kappa shape index (κ2) is 6.98. The van der Waals surface area contributed by atoms with Crippen LogP contribution in [0.25, 0.3) is 0 Å². The van der Waals surface area contributed by atoms with Crippen LogP contribution in [0.2, 0.25) is 5.02 Å². The SMILES string of the molecule is C[C@@H]1CN(C(=S)N/N=C2/CCNc3c(Cl)ccnc32)C[C@H](C)N1. The fourth-order valence-electron chi connectivity index (χ4n) is 3.04. The van der Waals surface area contributed by atoms with Crippen molar-refractivity contribution in [3.8, 4) is 0 Å². The van der Waals surface area contributed by atoms with E-state index in [-0.39, 0.29) is 0 Å². The molecule has 0 aromatic carbocycles. The van der Waals surface area contributed by atoms with E-state index in [1.807, 2.05) is 0 Å². The van der Waals surface area contributed by atoms with Crippen LogP contribution in [-0.4, -0.2) is 52.4 Å². The van der Waals surface area contributed by atoms with Crippen molar-refractivity contribution in [2.75, 3.05) is 25.0 Å². The fraction of sp³-hybridized carbons (Fsp3) is 0.533. The van der Waals surface area contributed by atoms with Gasteiger partial charge in [0.2, 0.25) is 0 Å². The number of nitrogens with one attached hydrogen (secondary N) is 3. The lowest BCUT2D eigenvalue weighted by atomic mass is 10.1. The van der Waals surface area contributed by atoms with E-state index in [9.17, 15) is 0 Å². The summed E-state index contributed by atoms with van der Waals surface area (Å²) in [5, 5.41) is 12.6. The van der Waals surface area contributed by atoms with Crippen molar-refractivity contribution in [1.82, 2.24) is 20.6 Å². The van der Waals surface area contributed by atoms with Crippen LogP contribution < -0.4 is 16.1 Å². The van der Waals surface area contributed by atoms with Gasteiger partial charge in [-0.15, -0.1) is 0 Å². The second-order valence-electron chi connectivity index (χ2n) is 6.04. The van der Waals surface area contributed by atoms with Crippen LogP contribution in [0.5, 0.6) is 0 Å². The summed E-state index contributed by atoms with van der Waals surface area (Å²) in [7, 11) is 0. The van der Waals surface area contributed by atoms with Gasteiger partial charge in [0.1, 0.15) is 5.69 Å². The largest absolute Gasteiger partial charge is 0.382 e. The Morgan fingerprint density at radius 3 is 2.91 bits per heavy atom. The van der Waals surface area contributed by atoms with Crippen molar-refractivity contribution in [3.05, 3.63) is 23.0 Å². The molecule has 0 saturated carbocycles. The van der Waals surface area contributed by atoms with Gasteiger partial charge in [-0.25, -0.2) is 0 Å². The zero-order valence-electron chi connectivity index (χ0n) is 13.3. The zero-order chi connectivity index (χ0) is 16.4. The molecule has 124 valence electrons. The van der Waals surface area contributed by atoms with Gasteiger partial charge in [0.25, 0.3) is 0 Å². The van der Waals surface area contributed by atoms with Gasteiger partial charge in [-0.1, -0.05) is 11.6 Å². The first-order chi connectivity index (χ1) is 11.0. The number of thiocarbonyl (C=S) groups is 1. The molecule has 0 amide bonds. The average Bonchev–Trinajstić information content (AvgIpc) is 2.52. The van der Waals surface area contributed by atoms with Gasteiger partial charge < -0.3 is 15.5 Å². The molecule has 8 heteroatoms. The van der Waals surface area contributed by atoms with E-state index in [2.05, 4.69) is 44.9 Å². The quantitative estimate of drug-likeness (QED) is 0.529. The average molecular weight is 353 g/mol. The number of pyridine rings is 1. The van der Waals surface area contributed by atoms with Crippen LogP contribution in [-0.2, 0) is 0 Å². The smallest absolute Gasteiger partial charge is 0.189 e. The van der Waals surface area contributed by atoms with Gasteiger partial charge in [-0.3, -0.25) is 10.4 Å². The van der Waals surface area contributed by atoms with Crippen LogP contribution in [0, 0.1) is 0 Å². The lowest BCUT2D eigenvalue weighted by molar-refractivity contribution is 0.253. The lowest BCUT2D eigenvalue weighted by Gasteiger charge is -2.37. The van der Waals surface area contributed by atoms with Gasteiger partial charge in [-0.05, 0) is 32.1 Å². The number of hydrazone groups is 1. The molecule has 3 N–H and O–H groups in total. The predicted octanol–water partition coefficient (Wildman–Crippen LogP) is 1.81. The fourth-order valence-corrected chi connectivity index (χ4v) is 3.44. The molecule has 3 rings (SSSR count). The van der Waals surface area contributed by atoms with E-state index < -0.39 is 0 Å². The molecule has 3 heterocycles. The highest BCUT2D eigenvalue weighted by molar-refractivity contribution is 7.80. The summed E-state index contributed by atoms with van der Waals surface area (Å²) in [6.07, 6.45) is 2.48. The van der Waals surface area contributed by atoms with Crippen LogP contribution in [0.3, 0.4) is 0 Å². The summed E-state index contributed by atoms with van der Waals surface area (Å²) >= 11 is 11.7. The van der Waals surface area contributed by atoms with Gasteiger partial charge >= 0.3 is 0 Å². The van der Waals surface area contributed by atoms with Gasteiger partial charge in [0.15, 0.2) is 5.11 Å². The molecule has 1 aromatic rings. The van der Waals surface area contributed by atoms with Gasteiger partial charge in [0, 0.05) is 44.3 Å². The molecule has 2 atom stereocenters. The van der Waals surface area contributed by atoms with Crippen molar-refractivity contribution >= 4 is 40.3 Å². The van der Waals surface area contributed by atoms with E-state index in [0.717, 1.165) is 43.1 Å². The van der Waals surface area contributed by atoms with E-state index in [1.165, 1.54) is 0 Å². The number of hydrogen-bond acceptors (Lipinski definition) is 5. The van der Waals surface area contributed by atoms with Gasteiger partial charge in [0.05, 0.1) is 16.4 Å². The number of rotatable bonds is 1. The van der Waals surface area contributed by atoms with E-state index >= 15 is 0 Å². The molecule has 0 bridgehead atoms. The number of aromatic nitrogens is 1. The Bertz CT molecular complexity index is 624. The molecule has 1 fully saturated rings. The molecule has 0 aliphatic carbocycles. The molecule has 1 aromatic heterocycles. The first-order valence-electron chi connectivity index (χ1n) is 7.81. The standard InChI is InChI=1S/C15H21ClN6S/c1-9-7-22(8-10(2)19-9)15(23)21-20-12-4-6-17-13-11(16)3-5-18-14(12)13/h3,5,9-10,17,19H,4,6-8H2,1-2H3,(H,21,23)/b20-12-/t9-,10+. The minimum absolute atomic E-state index is 0.409. The normalized spacial score (nSPS) is 25.7. The highest BCUT2D eigenvalue weighted by atomic mass is 35.5. The lowest BCUT2D eigenvalue weighted by Crippen LogP contribution is -2.57. The number of fused-ring (bicyclic) bond motifs is 1. The van der Waals surface area contributed by atoms with Crippen LogP contribution in [0.4, 0.5) is 5.69 Å². The van der Waals surface area contributed by atoms with Crippen molar-refractivity contribution < 1.29 is 0 Å². The Labute approximate surface area is 146 Å². The maximum absolute atomic E-state index is 6.21. The first-order valence-corrected chi connectivity index (χ1v) is 8.59. The highest BCUT2D eigenvalue weighted by Crippen LogP contribution is 2.28. The number of hydrogen-bond donors (Lipinski definition) is 3. The first kappa shape index (κ1) is 16.4. The summed E-state index contributed by atoms with van der Waals surface area (Å²) < 4.78 is 0. The highest BCUT2D eigenvalue weighted by Gasteiger charge is 2.23. The summed E-state index contributed by atoms with van der Waals surface area (Å²) in [6.45, 7) is 6.86. The Hall–Kier alpha value is -1.44. The number of anilines is 1. The summed E-state index contributed by atoms with van der Waals surface area (Å²) in [6, 6.07) is 2.59. The van der Waals surface area contributed by atoms with Crippen LogP contribution >= 0.6 is 23.8 Å². The van der Waals surface area contributed by atoms with Crippen molar-refractivity contribution in [1.29, 1.82) is 0 Å². The monoisotopic (exact) mass is 352 g/mol. The summed E-state index contributed by atoms with van der Waals surface area (Å²) in [4.78, 5) is 6.54. The predicted molar refractivity (Wildman–Crippen MR) is 98.3 cm³/mol. The summed E-state index contributed by atoms with van der Waals surface area (Å²) in [5.74, 6) is 0. The molecule has 2 aliphatic heterocycles. The minimum atomic E-state index is 0.409. The Morgan fingerprint density at radius 1 is 1.43 bits per heavy atom. The summed E-state index contributed by atoms with van der Waals surface area (Å²) in [5.41, 5.74) is 5.54. The van der Waals surface area contributed by atoms with E-state index in [1.54, 1.807) is 12.3 Å². The topological polar surface area (TPSA) is 64.6 Å². The Morgan fingerprint density at radius 2 is 2.17 bits per heavy atom. The maximum atomic E-state index is 6.21. The molecule has 2 aliphatic rings. The molecular formula is C15H21ClN6S. The van der Waals surface area contributed by atoms with Crippen molar-refractivity contribution in [2.45, 2.75) is 32.4 Å². The maximum Gasteiger partial charge on any atom is 0.189 e. The van der Waals surface area contributed by atoms with E-state index in [0.29, 0.717) is 22.2 Å². The molecule has 1 saturated heterocycles. The number of halogens is 1. The third kappa shape index (κ3) is 3.73. The molecular weight excluding hydrogens is 332 g/mol. The number of piperazine rings is 1. The zero-order valence-corrected chi connectivity index (χ0v) is 14.8. The molecule has 6 nitrogen and oxygen atoms in total. The molecule has 23 heavy (non-hydrogen) atoms. The van der Waals surface area contributed by atoms with Crippen molar-refractivity contribution in [2.24, 2.45) is 5.10 Å². The molecule has 0 unspecified atom stereocenters. The molecule has 0 radical (unpaired) electrons. The third-order valence-electron chi connectivity index (χ3n) is 3.97. The van der Waals surface area contributed by atoms with E-state index in [4.69, 9.17) is 23.8 Å².